The molecule has 1 atom stereocenters. The highest BCUT2D eigenvalue weighted by Gasteiger charge is 2.15. The summed E-state index contributed by atoms with van der Waals surface area (Å²) in [5, 5.41) is 17.0. The molecule has 0 aliphatic carbocycles. The van der Waals surface area contributed by atoms with E-state index in [4.69, 9.17) is 5.84 Å². The van der Waals surface area contributed by atoms with Gasteiger partial charge in [0.1, 0.15) is 6.04 Å². The number of carbonyl (C=O) groups excluding carboxylic acids is 2. The van der Waals surface area contributed by atoms with Crippen LogP contribution in [-0.2, 0) is 9.59 Å². The van der Waals surface area contributed by atoms with Crippen LogP contribution in [0, 0.1) is 0 Å². The van der Waals surface area contributed by atoms with Gasteiger partial charge in [-0.1, -0.05) is 82.6 Å². The maximum atomic E-state index is 12.0. The van der Waals surface area contributed by atoms with Crippen molar-refractivity contribution in [1.82, 2.24) is 5.32 Å². The summed E-state index contributed by atoms with van der Waals surface area (Å²) >= 11 is 0. The van der Waals surface area contributed by atoms with E-state index in [1.807, 2.05) is 6.92 Å². The number of hydrogen-bond donors (Lipinski definition) is 2. The Labute approximate surface area is 195 Å². The SMILES string of the molecule is CCCCCCCC/C=C\CCCCCCCC(=O)N=NC(CC)C(=O)NCCN=NN. The molecule has 0 aliphatic heterocycles. The summed E-state index contributed by atoms with van der Waals surface area (Å²) in [5.41, 5.74) is 0. The maximum absolute atomic E-state index is 12.0. The first-order chi connectivity index (χ1) is 15.7. The Hall–Kier alpha value is -2.12. The van der Waals surface area contributed by atoms with E-state index in [9.17, 15) is 9.59 Å². The topological polar surface area (TPSA) is 122 Å². The third kappa shape index (κ3) is 19.8. The van der Waals surface area contributed by atoms with Crippen LogP contribution in [0.1, 0.15) is 110 Å². The number of nitrogens with two attached hydrogens (primary N) is 1. The summed E-state index contributed by atoms with van der Waals surface area (Å²) in [6, 6.07) is -0.650. The molecule has 0 radical (unpaired) electrons. The third-order valence-corrected chi connectivity index (χ3v) is 5.24. The van der Waals surface area contributed by atoms with Crippen LogP contribution in [0.15, 0.2) is 32.7 Å². The van der Waals surface area contributed by atoms with E-state index >= 15 is 0 Å². The van der Waals surface area contributed by atoms with Gasteiger partial charge in [-0.05, 0) is 38.5 Å². The fraction of sp³-hybridized carbons (Fsp3) is 0.833. The van der Waals surface area contributed by atoms with Crippen molar-refractivity contribution in [2.75, 3.05) is 13.1 Å². The Bertz CT molecular complexity index is 549. The Kier molecular flexibility index (Phi) is 22.0. The lowest BCUT2D eigenvalue weighted by Gasteiger charge is -2.08. The van der Waals surface area contributed by atoms with Gasteiger partial charge in [0.05, 0.1) is 6.54 Å². The molecule has 0 aromatic heterocycles. The molecule has 0 saturated heterocycles. The van der Waals surface area contributed by atoms with E-state index in [-0.39, 0.29) is 11.8 Å². The molecule has 0 aromatic rings. The van der Waals surface area contributed by atoms with Crippen molar-refractivity contribution in [3.05, 3.63) is 12.2 Å². The van der Waals surface area contributed by atoms with Crippen molar-refractivity contribution >= 4 is 11.8 Å². The maximum Gasteiger partial charge on any atom is 0.264 e. The van der Waals surface area contributed by atoms with E-state index in [2.05, 4.69) is 45.0 Å². The zero-order valence-electron chi connectivity index (χ0n) is 20.4. The predicted molar refractivity (Wildman–Crippen MR) is 130 cm³/mol. The number of rotatable bonds is 21. The fourth-order valence-corrected chi connectivity index (χ4v) is 3.26. The molecule has 0 fully saturated rings. The third-order valence-electron chi connectivity index (χ3n) is 5.24. The van der Waals surface area contributed by atoms with E-state index in [0.29, 0.717) is 25.9 Å². The lowest BCUT2D eigenvalue weighted by molar-refractivity contribution is -0.122. The van der Waals surface area contributed by atoms with Crippen molar-refractivity contribution in [2.45, 2.75) is 116 Å². The van der Waals surface area contributed by atoms with Gasteiger partial charge in [-0.2, -0.15) is 10.2 Å². The second-order valence-electron chi connectivity index (χ2n) is 8.14. The van der Waals surface area contributed by atoms with Crippen LogP contribution < -0.4 is 11.2 Å². The van der Waals surface area contributed by atoms with Gasteiger partial charge in [-0.25, -0.2) is 0 Å². The highest BCUT2D eigenvalue weighted by molar-refractivity contribution is 5.82. The van der Waals surface area contributed by atoms with E-state index in [1.165, 1.54) is 57.8 Å². The van der Waals surface area contributed by atoms with Crippen LogP contribution in [0.25, 0.3) is 0 Å². The van der Waals surface area contributed by atoms with Crippen LogP contribution in [0.4, 0.5) is 0 Å². The normalized spacial score (nSPS) is 12.8. The highest BCUT2D eigenvalue weighted by Crippen LogP contribution is 2.10. The molecule has 3 N–H and O–H groups in total. The van der Waals surface area contributed by atoms with Gasteiger partial charge < -0.3 is 11.2 Å². The van der Waals surface area contributed by atoms with Gasteiger partial charge in [0, 0.05) is 13.0 Å². The van der Waals surface area contributed by atoms with E-state index in [0.717, 1.165) is 25.7 Å². The lowest BCUT2D eigenvalue weighted by Crippen LogP contribution is -2.34. The Morgan fingerprint density at radius 1 is 0.875 bits per heavy atom. The number of hydrogen-bond acceptors (Lipinski definition) is 5. The standard InChI is InChI=1S/C24H46N6O2/c1-3-5-6-7-8-9-10-11-12-13-14-15-16-17-18-19-23(31)29-28-22(4-2)24(32)26-20-21-27-30-25/h11-12,22H,3-10,13-21H2,1-2H3,(H2,25,27)(H,26,32)/b12-11-,29-28?. The van der Waals surface area contributed by atoms with E-state index in [1.54, 1.807) is 0 Å². The fourth-order valence-electron chi connectivity index (χ4n) is 3.26. The largest absolute Gasteiger partial charge is 0.352 e. The summed E-state index contributed by atoms with van der Waals surface area (Å²) in [5.74, 6) is 4.37. The van der Waals surface area contributed by atoms with E-state index < -0.39 is 6.04 Å². The smallest absolute Gasteiger partial charge is 0.264 e. The Morgan fingerprint density at radius 2 is 1.47 bits per heavy atom. The zero-order chi connectivity index (χ0) is 23.7. The Balaban J connectivity index is 3.67. The predicted octanol–water partition coefficient (Wildman–Crippen LogP) is 6.22. The van der Waals surface area contributed by atoms with Crippen LogP contribution in [-0.4, -0.2) is 30.9 Å². The summed E-state index contributed by atoms with van der Waals surface area (Å²) < 4.78 is 0. The van der Waals surface area contributed by atoms with Gasteiger partial charge in [-0.3, -0.25) is 9.59 Å². The first-order valence-corrected chi connectivity index (χ1v) is 12.6. The molecule has 184 valence electrons. The minimum Gasteiger partial charge on any atom is -0.352 e. The summed E-state index contributed by atoms with van der Waals surface area (Å²) in [6.45, 7) is 4.72. The quantitative estimate of drug-likeness (QED) is 0.0709. The van der Waals surface area contributed by atoms with Crippen molar-refractivity contribution in [3.63, 3.8) is 0 Å². The monoisotopic (exact) mass is 450 g/mol. The minimum absolute atomic E-state index is 0.259. The number of allylic oxidation sites excluding steroid dienone is 2. The molecule has 0 bridgehead atoms. The first kappa shape index (κ1) is 29.9. The number of nitrogens with zero attached hydrogens (tertiary/aromatic N) is 4. The summed E-state index contributed by atoms with van der Waals surface area (Å²) in [4.78, 5) is 23.8. The molecule has 32 heavy (non-hydrogen) atoms. The molecule has 0 spiro atoms. The number of carbonyl (C=O) groups is 2. The molecule has 8 nitrogen and oxygen atoms in total. The molecule has 1 unspecified atom stereocenters. The molecule has 0 aliphatic rings. The number of azo groups is 1. The summed E-state index contributed by atoms with van der Waals surface area (Å²) in [7, 11) is 0. The minimum atomic E-state index is -0.650. The first-order valence-electron chi connectivity index (χ1n) is 12.6. The summed E-state index contributed by atoms with van der Waals surface area (Å²) in [6.07, 6.45) is 21.4. The number of nitrogens with one attached hydrogen (secondary N) is 1. The zero-order valence-corrected chi connectivity index (χ0v) is 20.4. The molecule has 0 rings (SSSR count). The number of amides is 2. The van der Waals surface area contributed by atoms with Crippen molar-refractivity contribution in [2.24, 2.45) is 26.4 Å². The molecular formula is C24H46N6O2. The Morgan fingerprint density at radius 3 is 2.06 bits per heavy atom. The molecule has 2 amide bonds. The van der Waals surface area contributed by atoms with Gasteiger partial charge >= 0.3 is 0 Å². The van der Waals surface area contributed by atoms with Gasteiger partial charge in [0.2, 0.25) is 5.91 Å². The van der Waals surface area contributed by atoms with Crippen LogP contribution in [0.5, 0.6) is 0 Å². The van der Waals surface area contributed by atoms with Gasteiger partial charge in [0.25, 0.3) is 5.91 Å². The van der Waals surface area contributed by atoms with Crippen LogP contribution in [0.2, 0.25) is 0 Å². The lowest BCUT2D eigenvalue weighted by atomic mass is 10.1. The van der Waals surface area contributed by atoms with Crippen molar-refractivity contribution < 1.29 is 9.59 Å². The average Bonchev–Trinajstić information content (AvgIpc) is 2.79. The molecule has 0 aromatic carbocycles. The molecule has 0 saturated carbocycles. The average molecular weight is 451 g/mol. The molecule has 0 heterocycles. The highest BCUT2D eigenvalue weighted by atomic mass is 16.2. The second-order valence-corrected chi connectivity index (χ2v) is 8.14. The number of unbranched alkanes of at least 4 members (excludes halogenated alkanes) is 11. The van der Waals surface area contributed by atoms with Gasteiger partial charge in [0.15, 0.2) is 0 Å². The van der Waals surface area contributed by atoms with Crippen molar-refractivity contribution in [1.29, 1.82) is 0 Å². The van der Waals surface area contributed by atoms with Crippen LogP contribution in [0.3, 0.4) is 0 Å². The molecule has 8 heteroatoms. The second kappa shape index (κ2) is 23.5. The molecular weight excluding hydrogens is 404 g/mol. The van der Waals surface area contributed by atoms with Crippen molar-refractivity contribution in [3.8, 4) is 0 Å². The van der Waals surface area contributed by atoms with Crippen LogP contribution >= 0.6 is 0 Å². The van der Waals surface area contributed by atoms with Gasteiger partial charge in [-0.15, -0.1) is 5.11 Å².